The van der Waals surface area contributed by atoms with Gasteiger partial charge in [-0.2, -0.15) is 11.8 Å². The first-order valence-electron chi connectivity index (χ1n) is 3.11. The van der Waals surface area contributed by atoms with Crippen LogP contribution in [0.3, 0.4) is 0 Å². The van der Waals surface area contributed by atoms with Gasteiger partial charge in [0.15, 0.2) is 0 Å². The summed E-state index contributed by atoms with van der Waals surface area (Å²) in [5.41, 5.74) is 0. The van der Waals surface area contributed by atoms with E-state index >= 15 is 0 Å². The van der Waals surface area contributed by atoms with Gasteiger partial charge in [-0.1, -0.05) is 0 Å². The Labute approximate surface area is 72.1 Å². The van der Waals surface area contributed by atoms with E-state index in [-0.39, 0.29) is 11.5 Å². The molecular formula is C6H6N2O5. The van der Waals surface area contributed by atoms with Crippen LogP contribution in [0.15, 0.2) is 16.5 Å². The molecule has 0 amide bonds. The average Bonchev–Trinajstić information content (AvgIpc) is 2.64. The lowest BCUT2D eigenvalue weighted by Crippen LogP contribution is -2.10. The van der Waals surface area contributed by atoms with E-state index in [1.165, 1.54) is 12.1 Å². The Morgan fingerprint density at radius 1 is 1.08 bits per heavy atom. The van der Waals surface area contributed by atoms with E-state index in [0.717, 1.165) is 0 Å². The third-order valence-corrected chi connectivity index (χ3v) is 1.22. The van der Waals surface area contributed by atoms with Crippen molar-refractivity contribution in [2.24, 2.45) is 11.8 Å². The van der Waals surface area contributed by atoms with Gasteiger partial charge in [0, 0.05) is 0 Å². The van der Waals surface area contributed by atoms with E-state index in [2.05, 4.69) is 25.9 Å². The molecule has 1 rings (SSSR count). The molecule has 0 saturated carbocycles. The van der Waals surface area contributed by atoms with E-state index in [9.17, 15) is 9.59 Å². The smallest absolute Gasteiger partial charge is 0.392 e. The molecule has 7 heteroatoms. The van der Waals surface area contributed by atoms with Gasteiger partial charge < -0.3 is 14.1 Å². The van der Waals surface area contributed by atoms with Crippen LogP contribution in [0.2, 0.25) is 0 Å². The highest BCUT2D eigenvalue weighted by molar-refractivity contribution is 5.90. The lowest BCUT2D eigenvalue weighted by atomic mass is 10.4. The fourth-order valence-corrected chi connectivity index (χ4v) is 0.673. The van der Waals surface area contributed by atoms with Crippen molar-refractivity contribution in [1.82, 2.24) is 0 Å². The number of carbonyl (C=O) groups is 2. The molecule has 0 aliphatic rings. The molecule has 1 aromatic heterocycles. The second kappa shape index (κ2) is 3.70. The maximum atomic E-state index is 10.7. The van der Waals surface area contributed by atoms with Gasteiger partial charge in [0.2, 0.25) is 11.5 Å². The maximum Gasteiger partial charge on any atom is 0.392 e. The Kier molecular flexibility index (Phi) is 2.62. The van der Waals surface area contributed by atoms with Gasteiger partial charge in [0.25, 0.3) is 0 Å². The highest BCUT2D eigenvalue weighted by Crippen LogP contribution is 2.08. The minimum absolute atomic E-state index is 0.206. The number of rotatable bonds is 2. The van der Waals surface area contributed by atoms with Crippen LogP contribution >= 0.6 is 0 Å². The minimum atomic E-state index is -0.893. The van der Waals surface area contributed by atoms with Crippen LogP contribution in [0, 0.1) is 0 Å². The largest absolute Gasteiger partial charge is 0.442 e. The van der Waals surface area contributed by atoms with Gasteiger partial charge in [-0.3, -0.25) is 0 Å². The van der Waals surface area contributed by atoms with Gasteiger partial charge in [-0.05, 0) is 12.1 Å². The topological polar surface area (TPSA) is 118 Å². The Bertz CT molecular complexity index is 301. The molecule has 7 nitrogen and oxygen atoms in total. The quantitative estimate of drug-likeness (QED) is 0.588. The first kappa shape index (κ1) is 9.23. The predicted octanol–water partition coefficient (Wildman–Crippen LogP) is -0.659. The monoisotopic (exact) mass is 186 g/mol. The molecule has 0 fully saturated rings. The van der Waals surface area contributed by atoms with Crippen LogP contribution in [-0.4, -0.2) is 11.9 Å². The number of carbonyl (C=O) groups excluding carboxylic acids is 2. The summed E-state index contributed by atoms with van der Waals surface area (Å²) in [6.45, 7) is 0. The third-order valence-electron chi connectivity index (χ3n) is 1.22. The Balaban J connectivity index is 2.86. The van der Waals surface area contributed by atoms with Crippen LogP contribution in [0.25, 0.3) is 0 Å². The molecule has 1 aromatic rings. The molecule has 1 heterocycles. The Morgan fingerprint density at radius 3 is 1.77 bits per heavy atom. The normalized spacial score (nSPS) is 9.38. The average molecular weight is 186 g/mol. The van der Waals surface area contributed by atoms with Crippen LogP contribution < -0.4 is 11.8 Å². The second-order valence-corrected chi connectivity index (χ2v) is 1.97. The van der Waals surface area contributed by atoms with Crippen molar-refractivity contribution < 1.29 is 23.7 Å². The van der Waals surface area contributed by atoms with Crippen molar-refractivity contribution in [1.29, 1.82) is 0 Å². The summed E-state index contributed by atoms with van der Waals surface area (Å²) in [6.07, 6.45) is 0. The minimum Gasteiger partial charge on any atom is -0.442 e. The fourth-order valence-electron chi connectivity index (χ4n) is 0.673. The molecule has 13 heavy (non-hydrogen) atoms. The summed E-state index contributed by atoms with van der Waals surface area (Å²) in [7, 11) is 0. The lowest BCUT2D eigenvalue weighted by Gasteiger charge is -1.92. The number of furan rings is 1. The molecular weight excluding hydrogens is 180 g/mol. The molecule has 0 spiro atoms. The highest BCUT2D eigenvalue weighted by Gasteiger charge is 2.16. The zero-order valence-corrected chi connectivity index (χ0v) is 6.35. The van der Waals surface area contributed by atoms with E-state index in [0.29, 0.717) is 0 Å². The zero-order valence-electron chi connectivity index (χ0n) is 6.35. The van der Waals surface area contributed by atoms with Crippen molar-refractivity contribution in [3.05, 3.63) is 23.7 Å². The van der Waals surface area contributed by atoms with Crippen molar-refractivity contribution in [3.63, 3.8) is 0 Å². The molecule has 0 radical (unpaired) electrons. The maximum absolute atomic E-state index is 10.7. The molecule has 0 aliphatic heterocycles. The van der Waals surface area contributed by atoms with E-state index in [4.69, 9.17) is 0 Å². The predicted molar refractivity (Wildman–Crippen MR) is 37.9 cm³/mol. The summed E-state index contributed by atoms with van der Waals surface area (Å²) in [6, 6.07) is 2.42. The van der Waals surface area contributed by atoms with Gasteiger partial charge >= 0.3 is 11.9 Å². The van der Waals surface area contributed by atoms with Crippen molar-refractivity contribution in [2.75, 3.05) is 0 Å². The van der Waals surface area contributed by atoms with Gasteiger partial charge in [0.1, 0.15) is 0 Å². The van der Waals surface area contributed by atoms with Gasteiger partial charge in [-0.25, -0.2) is 9.59 Å². The summed E-state index contributed by atoms with van der Waals surface area (Å²) in [4.78, 5) is 29.1. The van der Waals surface area contributed by atoms with Crippen LogP contribution in [0.5, 0.6) is 0 Å². The second-order valence-electron chi connectivity index (χ2n) is 1.97. The first-order chi connectivity index (χ1) is 6.19. The third kappa shape index (κ3) is 1.83. The van der Waals surface area contributed by atoms with E-state index < -0.39 is 11.9 Å². The Hall–Kier alpha value is -1.86. The summed E-state index contributed by atoms with van der Waals surface area (Å²) < 4.78 is 4.68. The van der Waals surface area contributed by atoms with Crippen LogP contribution in [0.1, 0.15) is 21.1 Å². The summed E-state index contributed by atoms with van der Waals surface area (Å²) in [5, 5.41) is 0. The molecule has 4 N–H and O–H groups in total. The SMILES string of the molecule is NOC(=O)c1ccc(C(=O)ON)o1. The number of nitrogens with two attached hydrogens (primary N) is 2. The molecule has 0 saturated heterocycles. The standard InChI is InChI=1S/C6H6N2O5/c7-12-5(9)3-1-2-4(11-3)6(10)13-8/h1-2H,7-8H2. The number of hydrogen-bond donors (Lipinski definition) is 2. The molecule has 0 unspecified atom stereocenters. The zero-order chi connectivity index (χ0) is 9.84. The van der Waals surface area contributed by atoms with E-state index in [1.54, 1.807) is 0 Å². The molecule has 0 atom stereocenters. The number of hydrogen-bond acceptors (Lipinski definition) is 7. The Morgan fingerprint density at radius 2 is 1.46 bits per heavy atom. The highest BCUT2D eigenvalue weighted by atomic mass is 16.7. The van der Waals surface area contributed by atoms with Gasteiger partial charge in [0.05, 0.1) is 0 Å². The molecule has 0 bridgehead atoms. The summed E-state index contributed by atoms with van der Waals surface area (Å²) >= 11 is 0. The van der Waals surface area contributed by atoms with Crippen LogP contribution in [-0.2, 0) is 9.68 Å². The van der Waals surface area contributed by atoms with Crippen molar-refractivity contribution in [3.8, 4) is 0 Å². The fraction of sp³-hybridized carbons (Fsp3) is 0. The van der Waals surface area contributed by atoms with E-state index in [1.807, 2.05) is 0 Å². The molecule has 70 valence electrons. The summed E-state index contributed by atoms with van der Waals surface area (Å²) in [5.74, 6) is 6.95. The lowest BCUT2D eigenvalue weighted by molar-refractivity contribution is 0.0431. The molecule has 0 aliphatic carbocycles. The van der Waals surface area contributed by atoms with Crippen LogP contribution in [0.4, 0.5) is 0 Å². The molecule has 0 aromatic carbocycles. The first-order valence-corrected chi connectivity index (χ1v) is 3.11. The van der Waals surface area contributed by atoms with Gasteiger partial charge in [-0.15, -0.1) is 0 Å². The van der Waals surface area contributed by atoms with Crippen molar-refractivity contribution in [2.45, 2.75) is 0 Å². The van der Waals surface area contributed by atoms with Crippen molar-refractivity contribution >= 4 is 11.9 Å².